The zero-order chi connectivity index (χ0) is 36.1. The van der Waals surface area contributed by atoms with Crippen LogP contribution in [0, 0.1) is 0 Å². The highest BCUT2D eigenvalue weighted by molar-refractivity contribution is 5.93. The quantitative estimate of drug-likeness (QED) is 0.123. The van der Waals surface area contributed by atoms with Crippen LogP contribution in [-0.2, 0) is 12.8 Å². The van der Waals surface area contributed by atoms with Crippen LogP contribution >= 0.6 is 0 Å². The third-order valence-corrected chi connectivity index (χ3v) is 10.8. The Morgan fingerprint density at radius 1 is 0.547 bits per heavy atom. The Labute approximate surface area is 315 Å². The Kier molecular flexibility index (Phi) is 10.1. The number of fused-ring (bicyclic) bond motifs is 3. The highest BCUT2D eigenvalue weighted by atomic mass is 16.3. The van der Waals surface area contributed by atoms with Crippen LogP contribution in [0.5, 0.6) is 0 Å². The van der Waals surface area contributed by atoms with E-state index in [2.05, 4.69) is 179 Å². The van der Waals surface area contributed by atoms with Gasteiger partial charge in [0.25, 0.3) is 0 Å². The van der Waals surface area contributed by atoms with Gasteiger partial charge >= 0.3 is 0 Å². The molecule has 0 saturated carbocycles. The molecule has 0 N–H and O–H groups in total. The standard InChI is InChI=1S/C52H48O/c1-4-6-7-8-16-38-30-47(27-26-37(38)14-5-2)45-23-12-21-43(33-45)41-19-10-17-39(31-41)40-18-11-20-42(32-40)44-22-13-24-46(34-44)48-28-29-51-50(35-48)49-25-9-15-36(3)52(49)53-51/h7-13,17-36H,4-6,14-16H2,1-3H3/b8-7+. The maximum absolute atomic E-state index is 6.28. The number of aryl methyl sites for hydroxylation is 1. The molecule has 0 bridgehead atoms. The van der Waals surface area contributed by atoms with E-state index in [0.29, 0.717) is 5.92 Å². The number of unbranched alkanes of at least 4 members (excludes halogenated alkanes) is 1. The van der Waals surface area contributed by atoms with E-state index in [1.54, 1.807) is 0 Å². The van der Waals surface area contributed by atoms with Gasteiger partial charge in [-0.15, -0.1) is 0 Å². The van der Waals surface area contributed by atoms with Crippen molar-refractivity contribution in [1.29, 1.82) is 0 Å². The number of furan rings is 1. The molecule has 7 aromatic rings. The SMILES string of the molecule is CCC/C=C/Cc1cc(-c2cccc(-c3cccc(-c4cccc(-c5cccc(-c6ccc7oc8c(c7c6)C=CCC8C)c5)c4)c3)c2)ccc1CCC. The van der Waals surface area contributed by atoms with Crippen LogP contribution in [-0.4, -0.2) is 0 Å². The normalized spacial score (nSPS) is 13.9. The summed E-state index contributed by atoms with van der Waals surface area (Å²) in [5, 5.41) is 1.20. The van der Waals surface area contributed by atoms with Crippen LogP contribution in [0.1, 0.15) is 74.8 Å². The molecule has 1 aromatic heterocycles. The molecule has 0 radical (unpaired) electrons. The first kappa shape index (κ1) is 34.4. The zero-order valence-corrected chi connectivity index (χ0v) is 31.2. The molecule has 1 unspecified atom stereocenters. The molecular weight excluding hydrogens is 641 g/mol. The highest BCUT2D eigenvalue weighted by Crippen LogP contribution is 2.39. The Balaban J connectivity index is 1.06. The second kappa shape index (κ2) is 15.5. The van der Waals surface area contributed by atoms with Gasteiger partial charge in [-0.25, -0.2) is 0 Å². The summed E-state index contributed by atoms with van der Waals surface area (Å²) in [6, 6.07) is 49.5. The van der Waals surface area contributed by atoms with E-state index < -0.39 is 0 Å². The van der Waals surface area contributed by atoms with E-state index in [1.807, 2.05) is 0 Å². The van der Waals surface area contributed by atoms with Crippen molar-refractivity contribution >= 4 is 17.0 Å². The molecule has 1 nitrogen and oxygen atoms in total. The number of allylic oxidation sites excluding steroid dienone is 3. The summed E-state index contributed by atoms with van der Waals surface area (Å²) < 4.78 is 6.28. The topological polar surface area (TPSA) is 13.1 Å². The van der Waals surface area contributed by atoms with Crippen molar-refractivity contribution in [2.24, 2.45) is 0 Å². The fourth-order valence-corrected chi connectivity index (χ4v) is 7.87. The van der Waals surface area contributed by atoms with Crippen molar-refractivity contribution in [3.8, 4) is 55.6 Å². The van der Waals surface area contributed by atoms with Gasteiger partial charge < -0.3 is 4.42 Å². The van der Waals surface area contributed by atoms with E-state index in [4.69, 9.17) is 4.42 Å². The largest absolute Gasteiger partial charge is 0.460 e. The van der Waals surface area contributed by atoms with Gasteiger partial charge in [0.15, 0.2) is 0 Å². The maximum atomic E-state index is 6.28. The first-order chi connectivity index (χ1) is 26.1. The lowest BCUT2D eigenvalue weighted by atomic mass is 9.92. The molecule has 1 aliphatic carbocycles. The van der Waals surface area contributed by atoms with Gasteiger partial charge in [-0.05, 0) is 129 Å². The van der Waals surface area contributed by atoms with E-state index in [9.17, 15) is 0 Å². The predicted molar refractivity (Wildman–Crippen MR) is 227 cm³/mol. The lowest BCUT2D eigenvalue weighted by Crippen LogP contribution is -1.95. The third-order valence-electron chi connectivity index (χ3n) is 10.8. The highest BCUT2D eigenvalue weighted by Gasteiger charge is 2.20. The molecule has 1 aliphatic rings. The molecule has 6 aromatic carbocycles. The summed E-state index contributed by atoms with van der Waals surface area (Å²) in [6.07, 6.45) is 15.8. The molecular formula is C52H48O. The van der Waals surface area contributed by atoms with Crippen molar-refractivity contribution in [3.05, 3.63) is 174 Å². The van der Waals surface area contributed by atoms with Crippen molar-refractivity contribution < 1.29 is 4.42 Å². The van der Waals surface area contributed by atoms with Crippen LogP contribution < -0.4 is 0 Å². The molecule has 8 rings (SSSR count). The van der Waals surface area contributed by atoms with Crippen molar-refractivity contribution in [2.45, 2.75) is 65.2 Å². The van der Waals surface area contributed by atoms with Gasteiger partial charge in [0, 0.05) is 16.9 Å². The third kappa shape index (κ3) is 7.35. The Morgan fingerprint density at radius 2 is 1.06 bits per heavy atom. The average molecular weight is 689 g/mol. The second-order valence-electron chi connectivity index (χ2n) is 14.7. The summed E-state index contributed by atoms with van der Waals surface area (Å²) in [7, 11) is 0. The van der Waals surface area contributed by atoms with Crippen LogP contribution in [0.25, 0.3) is 72.7 Å². The van der Waals surface area contributed by atoms with Crippen LogP contribution in [0.2, 0.25) is 0 Å². The smallest absolute Gasteiger partial charge is 0.134 e. The molecule has 0 fully saturated rings. The lowest BCUT2D eigenvalue weighted by molar-refractivity contribution is 0.504. The fourth-order valence-electron chi connectivity index (χ4n) is 7.87. The second-order valence-corrected chi connectivity index (χ2v) is 14.7. The number of hydrogen-bond acceptors (Lipinski definition) is 1. The number of rotatable bonds is 11. The molecule has 0 saturated heterocycles. The minimum atomic E-state index is 0.414. The summed E-state index contributed by atoms with van der Waals surface area (Å²) in [5.74, 6) is 1.52. The summed E-state index contributed by atoms with van der Waals surface area (Å²) in [4.78, 5) is 0. The van der Waals surface area contributed by atoms with Gasteiger partial charge in [0.2, 0.25) is 0 Å². The van der Waals surface area contributed by atoms with Gasteiger partial charge in [-0.3, -0.25) is 0 Å². The predicted octanol–water partition coefficient (Wildman–Crippen LogP) is 15.1. The molecule has 0 amide bonds. The van der Waals surface area contributed by atoms with E-state index >= 15 is 0 Å². The van der Waals surface area contributed by atoms with Crippen LogP contribution in [0.3, 0.4) is 0 Å². The average Bonchev–Trinajstić information content (AvgIpc) is 3.60. The molecule has 0 spiro atoms. The molecule has 1 heterocycles. The minimum Gasteiger partial charge on any atom is -0.460 e. The Morgan fingerprint density at radius 3 is 1.58 bits per heavy atom. The zero-order valence-electron chi connectivity index (χ0n) is 31.2. The summed E-state index contributed by atoms with van der Waals surface area (Å²) >= 11 is 0. The molecule has 0 aliphatic heterocycles. The molecule has 1 atom stereocenters. The summed E-state index contributed by atoms with van der Waals surface area (Å²) in [5.41, 5.74) is 17.4. The van der Waals surface area contributed by atoms with Gasteiger partial charge in [0.1, 0.15) is 11.3 Å². The summed E-state index contributed by atoms with van der Waals surface area (Å²) in [6.45, 7) is 6.75. The Bertz CT molecular complexity index is 2450. The monoisotopic (exact) mass is 688 g/mol. The van der Waals surface area contributed by atoms with Crippen LogP contribution in [0.4, 0.5) is 0 Å². The molecule has 1 heteroatoms. The minimum absolute atomic E-state index is 0.414. The molecule has 53 heavy (non-hydrogen) atoms. The van der Waals surface area contributed by atoms with Crippen molar-refractivity contribution in [3.63, 3.8) is 0 Å². The first-order valence-corrected chi connectivity index (χ1v) is 19.5. The van der Waals surface area contributed by atoms with E-state index in [1.165, 1.54) is 84.1 Å². The first-order valence-electron chi connectivity index (χ1n) is 19.5. The van der Waals surface area contributed by atoms with E-state index in [-0.39, 0.29) is 0 Å². The number of hydrogen-bond donors (Lipinski definition) is 0. The van der Waals surface area contributed by atoms with E-state index in [0.717, 1.165) is 43.4 Å². The molecule has 262 valence electrons. The van der Waals surface area contributed by atoms with Gasteiger partial charge in [-0.2, -0.15) is 0 Å². The fraction of sp³-hybridized carbons (Fsp3) is 0.192. The van der Waals surface area contributed by atoms with Crippen LogP contribution in [0.15, 0.2) is 156 Å². The van der Waals surface area contributed by atoms with Gasteiger partial charge in [0.05, 0.1) is 0 Å². The van der Waals surface area contributed by atoms with Crippen molar-refractivity contribution in [1.82, 2.24) is 0 Å². The lowest BCUT2D eigenvalue weighted by Gasteiger charge is -2.12. The Hall–Kier alpha value is -5.66. The van der Waals surface area contributed by atoms with Gasteiger partial charge in [-0.1, -0.05) is 155 Å². The van der Waals surface area contributed by atoms with Crippen molar-refractivity contribution in [2.75, 3.05) is 0 Å². The maximum Gasteiger partial charge on any atom is 0.134 e. The number of benzene rings is 6.